The maximum Gasteiger partial charge on any atom is 0.230 e. The van der Waals surface area contributed by atoms with E-state index in [2.05, 4.69) is 48.7 Å². The molecule has 3 rings (SSSR count). The first-order valence-corrected chi connectivity index (χ1v) is 9.71. The Morgan fingerprint density at radius 2 is 1.92 bits per heavy atom. The molecule has 2 fully saturated rings. The first kappa shape index (κ1) is 20.3. The van der Waals surface area contributed by atoms with Crippen LogP contribution in [0.5, 0.6) is 0 Å². The van der Waals surface area contributed by atoms with Crippen molar-refractivity contribution in [1.82, 2.24) is 10.6 Å². The molecule has 1 aliphatic heterocycles. The molecule has 3 nitrogen and oxygen atoms in total. The number of rotatable bonds is 6. The van der Waals surface area contributed by atoms with E-state index in [0.717, 1.165) is 57.7 Å². The van der Waals surface area contributed by atoms with Gasteiger partial charge >= 0.3 is 0 Å². The smallest absolute Gasteiger partial charge is 0.230 e. The summed E-state index contributed by atoms with van der Waals surface area (Å²) in [4.78, 5) is 13.0. The summed E-state index contributed by atoms with van der Waals surface area (Å²) in [6.45, 7) is 7.48. The van der Waals surface area contributed by atoms with Crippen LogP contribution >= 0.6 is 12.4 Å². The van der Waals surface area contributed by atoms with Crippen LogP contribution in [-0.2, 0) is 10.2 Å². The van der Waals surface area contributed by atoms with Crippen LogP contribution in [0.15, 0.2) is 24.3 Å². The van der Waals surface area contributed by atoms with Gasteiger partial charge in [-0.3, -0.25) is 4.79 Å². The molecule has 1 saturated carbocycles. The maximum atomic E-state index is 13.0. The van der Waals surface area contributed by atoms with Gasteiger partial charge < -0.3 is 10.6 Å². The van der Waals surface area contributed by atoms with E-state index in [1.165, 1.54) is 17.5 Å². The number of benzene rings is 1. The third-order valence-electron chi connectivity index (χ3n) is 6.02. The van der Waals surface area contributed by atoms with Crippen LogP contribution < -0.4 is 10.6 Å². The molecule has 2 N–H and O–H groups in total. The normalized spacial score (nSPS) is 22.0. The maximum absolute atomic E-state index is 13.0. The summed E-state index contributed by atoms with van der Waals surface area (Å²) in [5.41, 5.74) is 2.27. The van der Waals surface area contributed by atoms with Gasteiger partial charge in [-0.15, -0.1) is 12.4 Å². The molecule has 1 atom stereocenters. The van der Waals surface area contributed by atoms with Crippen molar-refractivity contribution in [1.29, 1.82) is 0 Å². The predicted molar refractivity (Wildman–Crippen MR) is 107 cm³/mol. The van der Waals surface area contributed by atoms with Crippen molar-refractivity contribution in [3.63, 3.8) is 0 Å². The SMILES string of the molecule is CC(C)c1ccc(C2(C(=O)NCCC3CCNC3)CCCC2)cc1.Cl. The molecular formula is C21H33ClN2O. The molecule has 1 aromatic carbocycles. The Kier molecular flexibility index (Phi) is 7.33. The first-order chi connectivity index (χ1) is 11.6. The highest BCUT2D eigenvalue weighted by Crippen LogP contribution is 2.41. The minimum absolute atomic E-state index is 0. The summed E-state index contributed by atoms with van der Waals surface area (Å²) in [7, 11) is 0. The molecule has 1 saturated heterocycles. The Balaban J connectivity index is 0.00000225. The van der Waals surface area contributed by atoms with Crippen LogP contribution in [0.25, 0.3) is 0 Å². The Morgan fingerprint density at radius 1 is 1.24 bits per heavy atom. The topological polar surface area (TPSA) is 41.1 Å². The summed E-state index contributed by atoms with van der Waals surface area (Å²) in [5, 5.41) is 6.66. The van der Waals surface area contributed by atoms with Gasteiger partial charge in [0.25, 0.3) is 0 Å². The van der Waals surface area contributed by atoms with Crippen LogP contribution in [0, 0.1) is 5.92 Å². The zero-order valence-corrected chi connectivity index (χ0v) is 16.5. The van der Waals surface area contributed by atoms with E-state index >= 15 is 0 Å². The highest BCUT2D eigenvalue weighted by molar-refractivity contribution is 5.88. The van der Waals surface area contributed by atoms with Gasteiger partial charge in [0.05, 0.1) is 5.41 Å². The molecule has 25 heavy (non-hydrogen) atoms. The number of amides is 1. The second-order valence-corrected chi connectivity index (χ2v) is 7.97. The molecule has 2 aliphatic rings. The summed E-state index contributed by atoms with van der Waals surface area (Å²) < 4.78 is 0. The van der Waals surface area contributed by atoms with Gasteiger partial charge in [-0.05, 0) is 61.7 Å². The highest BCUT2D eigenvalue weighted by atomic mass is 35.5. The summed E-state index contributed by atoms with van der Waals surface area (Å²) in [6.07, 6.45) is 6.65. The summed E-state index contributed by atoms with van der Waals surface area (Å²) in [5.74, 6) is 1.52. The number of hydrogen-bond donors (Lipinski definition) is 2. The average molecular weight is 365 g/mol. The lowest BCUT2D eigenvalue weighted by molar-refractivity contribution is -0.126. The molecule has 140 valence electrons. The number of carbonyl (C=O) groups is 1. The number of carbonyl (C=O) groups excluding carboxylic acids is 1. The van der Waals surface area contributed by atoms with E-state index in [9.17, 15) is 4.79 Å². The van der Waals surface area contributed by atoms with Crippen molar-refractivity contribution in [2.45, 2.75) is 63.7 Å². The van der Waals surface area contributed by atoms with E-state index in [-0.39, 0.29) is 23.7 Å². The third-order valence-corrected chi connectivity index (χ3v) is 6.02. The summed E-state index contributed by atoms with van der Waals surface area (Å²) >= 11 is 0. The fourth-order valence-corrected chi connectivity index (χ4v) is 4.33. The van der Waals surface area contributed by atoms with Gasteiger partial charge in [0, 0.05) is 6.54 Å². The number of halogens is 1. The molecule has 1 aromatic rings. The summed E-state index contributed by atoms with van der Waals surface area (Å²) in [6, 6.07) is 8.80. The number of nitrogens with one attached hydrogen (secondary N) is 2. The van der Waals surface area contributed by atoms with Crippen molar-refractivity contribution in [3.8, 4) is 0 Å². The van der Waals surface area contributed by atoms with Crippen molar-refractivity contribution < 1.29 is 4.79 Å². The average Bonchev–Trinajstić information content (AvgIpc) is 3.27. The van der Waals surface area contributed by atoms with E-state index in [4.69, 9.17) is 0 Å². The van der Waals surface area contributed by atoms with E-state index < -0.39 is 0 Å². The zero-order valence-electron chi connectivity index (χ0n) is 15.6. The molecule has 0 bridgehead atoms. The predicted octanol–water partition coefficient (Wildman–Crippen LogP) is 4.16. The Hall–Kier alpha value is -1.06. The van der Waals surface area contributed by atoms with Gasteiger partial charge in [0.15, 0.2) is 0 Å². The molecule has 1 aliphatic carbocycles. The lowest BCUT2D eigenvalue weighted by atomic mass is 9.77. The second kappa shape index (κ2) is 9.05. The molecule has 0 aromatic heterocycles. The minimum atomic E-state index is -0.288. The standard InChI is InChI=1S/C21H32N2O.ClH/c1-16(2)18-5-7-19(8-6-18)21(11-3-4-12-21)20(24)23-14-10-17-9-13-22-15-17;/h5-8,16-17,22H,3-4,9-15H2,1-2H3,(H,23,24);1H. The fraction of sp³-hybridized carbons (Fsp3) is 0.667. The largest absolute Gasteiger partial charge is 0.355 e. The van der Waals surface area contributed by atoms with Crippen LogP contribution in [0.3, 0.4) is 0 Å². The molecule has 1 heterocycles. The van der Waals surface area contributed by atoms with E-state index in [1.807, 2.05) is 0 Å². The molecule has 4 heteroatoms. The van der Waals surface area contributed by atoms with E-state index in [1.54, 1.807) is 0 Å². The Bertz CT molecular complexity index is 544. The third kappa shape index (κ3) is 4.57. The van der Waals surface area contributed by atoms with Gasteiger partial charge in [-0.2, -0.15) is 0 Å². The molecule has 0 spiro atoms. The number of hydrogen-bond acceptors (Lipinski definition) is 2. The van der Waals surface area contributed by atoms with Crippen molar-refractivity contribution in [2.75, 3.05) is 19.6 Å². The van der Waals surface area contributed by atoms with Crippen LogP contribution in [0.2, 0.25) is 0 Å². The Labute approximate surface area is 158 Å². The highest BCUT2D eigenvalue weighted by Gasteiger charge is 2.42. The molecule has 1 unspecified atom stereocenters. The van der Waals surface area contributed by atoms with E-state index in [0.29, 0.717) is 5.92 Å². The second-order valence-electron chi connectivity index (χ2n) is 7.97. The van der Waals surface area contributed by atoms with Crippen LogP contribution in [-0.4, -0.2) is 25.5 Å². The van der Waals surface area contributed by atoms with Crippen molar-refractivity contribution in [3.05, 3.63) is 35.4 Å². The lowest BCUT2D eigenvalue weighted by Gasteiger charge is -2.29. The molecular weight excluding hydrogens is 332 g/mol. The van der Waals surface area contributed by atoms with Gasteiger partial charge in [0.1, 0.15) is 0 Å². The van der Waals surface area contributed by atoms with Gasteiger partial charge in [-0.1, -0.05) is 51.0 Å². The monoisotopic (exact) mass is 364 g/mol. The van der Waals surface area contributed by atoms with Crippen molar-refractivity contribution >= 4 is 18.3 Å². The fourth-order valence-electron chi connectivity index (χ4n) is 4.33. The molecule has 1 amide bonds. The quantitative estimate of drug-likeness (QED) is 0.795. The minimum Gasteiger partial charge on any atom is -0.355 e. The molecule has 0 radical (unpaired) electrons. The lowest BCUT2D eigenvalue weighted by Crippen LogP contribution is -2.43. The first-order valence-electron chi connectivity index (χ1n) is 9.71. The Morgan fingerprint density at radius 3 is 2.48 bits per heavy atom. The van der Waals surface area contributed by atoms with Crippen LogP contribution in [0.1, 0.15) is 69.4 Å². The van der Waals surface area contributed by atoms with Gasteiger partial charge in [0.2, 0.25) is 5.91 Å². The van der Waals surface area contributed by atoms with Crippen LogP contribution in [0.4, 0.5) is 0 Å². The van der Waals surface area contributed by atoms with Crippen molar-refractivity contribution in [2.24, 2.45) is 5.92 Å². The van der Waals surface area contributed by atoms with Gasteiger partial charge in [-0.25, -0.2) is 0 Å². The zero-order chi connectivity index (χ0) is 17.0.